The van der Waals surface area contributed by atoms with Gasteiger partial charge in [-0.2, -0.15) is 0 Å². The maximum absolute atomic E-state index is 12.8. The molecule has 1 unspecified atom stereocenters. The van der Waals surface area contributed by atoms with Crippen LogP contribution < -0.4 is 10.1 Å². The van der Waals surface area contributed by atoms with Crippen LogP contribution in [-0.4, -0.2) is 55.9 Å². The molecule has 4 aromatic rings. The second kappa shape index (κ2) is 15.7. The smallest absolute Gasteiger partial charge is 0.326 e. The van der Waals surface area contributed by atoms with Crippen LogP contribution in [0.5, 0.6) is 5.75 Å². The molecule has 0 spiro atoms. The fraction of sp³-hybridized carbons (Fsp3) is 0.286. The number of carbonyl (C=O) groups is 2. The highest BCUT2D eigenvalue weighted by atomic mass is 35.5. The molecule has 0 saturated heterocycles. The molecule has 236 valence electrons. The highest BCUT2D eigenvalue weighted by Gasteiger charge is 2.23. The molecule has 0 saturated carbocycles. The second-order valence-corrected chi connectivity index (χ2v) is 13.9. The standard InChI is InChI=1S/C35H38ClN3O5S/c1-4-5-6-7-8-19-44-28-15-13-25(14-16-28)27-22-37-33(38-23-27)26-11-9-24(10-12-26)20-32(35(41)42)39-34(40)30-18-17-29(21-31(30)36)45(2,3)43/h9-18,21-23,32H,2,4-8,19-20H2,1,3H3,(H,39,40)(H,41,42)/t32-,45?/m0/s1. The number of benzene rings is 3. The van der Waals surface area contributed by atoms with Gasteiger partial charge in [-0.3, -0.25) is 9.00 Å². The van der Waals surface area contributed by atoms with Gasteiger partial charge in [-0.25, -0.2) is 14.8 Å². The van der Waals surface area contributed by atoms with Crippen LogP contribution >= 0.6 is 11.6 Å². The molecule has 0 bridgehead atoms. The van der Waals surface area contributed by atoms with Crippen molar-refractivity contribution < 1.29 is 23.6 Å². The molecule has 10 heteroatoms. The van der Waals surface area contributed by atoms with Gasteiger partial charge in [-0.1, -0.05) is 80.6 Å². The molecular weight excluding hydrogens is 610 g/mol. The number of nitrogens with zero attached hydrogens (tertiary/aromatic N) is 2. The Labute approximate surface area is 269 Å². The Morgan fingerprint density at radius 3 is 2.18 bits per heavy atom. The molecule has 3 aromatic carbocycles. The quantitative estimate of drug-likeness (QED) is 0.106. The second-order valence-electron chi connectivity index (χ2n) is 11.0. The van der Waals surface area contributed by atoms with Crippen LogP contribution in [0.1, 0.15) is 54.9 Å². The van der Waals surface area contributed by atoms with Crippen molar-refractivity contribution in [2.45, 2.75) is 56.4 Å². The fourth-order valence-corrected chi connectivity index (χ4v) is 5.73. The summed E-state index contributed by atoms with van der Waals surface area (Å²) in [6, 6.07) is 18.2. The molecule has 1 amide bonds. The van der Waals surface area contributed by atoms with Crippen molar-refractivity contribution in [2.75, 3.05) is 12.9 Å². The summed E-state index contributed by atoms with van der Waals surface area (Å²) in [7, 11) is -2.51. The number of nitrogens with one attached hydrogen (secondary N) is 1. The number of unbranched alkanes of at least 4 members (excludes halogenated alkanes) is 4. The van der Waals surface area contributed by atoms with E-state index in [2.05, 4.69) is 28.1 Å². The third-order valence-corrected chi connectivity index (χ3v) is 8.86. The van der Waals surface area contributed by atoms with E-state index in [0.717, 1.165) is 35.5 Å². The number of carbonyl (C=O) groups excluding carboxylic acids is 1. The van der Waals surface area contributed by atoms with Gasteiger partial charge < -0.3 is 15.2 Å². The van der Waals surface area contributed by atoms with Crippen LogP contribution in [0.4, 0.5) is 0 Å². The van der Waals surface area contributed by atoms with E-state index in [-0.39, 0.29) is 17.0 Å². The number of hydrogen-bond acceptors (Lipinski definition) is 6. The molecule has 1 heterocycles. The van der Waals surface area contributed by atoms with Crippen LogP contribution in [0, 0.1) is 0 Å². The van der Waals surface area contributed by atoms with E-state index < -0.39 is 27.4 Å². The first-order chi connectivity index (χ1) is 21.5. The minimum atomic E-state index is -2.51. The van der Waals surface area contributed by atoms with E-state index in [9.17, 15) is 18.9 Å². The number of ether oxygens (including phenoxy) is 1. The summed E-state index contributed by atoms with van der Waals surface area (Å²) in [4.78, 5) is 34.3. The van der Waals surface area contributed by atoms with Crippen molar-refractivity contribution in [3.05, 3.63) is 95.3 Å². The molecule has 2 atom stereocenters. The number of aliphatic carboxylic acids is 1. The molecule has 1 aromatic heterocycles. The Hall–Kier alpha value is -4.21. The number of carboxylic acids is 1. The van der Waals surface area contributed by atoms with Gasteiger partial charge in [0.1, 0.15) is 11.8 Å². The summed E-state index contributed by atoms with van der Waals surface area (Å²) in [5.41, 5.74) is 3.43. The largest absolute Gasteiger partial charge is 0.494 e. The van der Waals surface area contributed by atoms with Crippen molar-refractivity contribution in [1.82, 2.24) is 15.3 Å². The first kappa shape index (κ1) is 33.7. The monoisotopic (exact) mass is 647 g/mol. The summed E-state index contributed by atoms with van der Waals surface area (Å²) in [6.45, 7) is 2.93. The third kappa shape index (κ3) is 9.64. The highest BCUT2D eigenvalue weighted by molar-refractivity contribution is 7.99. The van der Waals surface area contributed by atoms with E-state index in [4.69, 9.17) is 16.3 Å². The Morgan fingerprint density at radius 1 is 0.933 bits per heavy atom. The molecule has 45 heavy (non-hydrogen) atoms. The zero-order valence-corrected chi connectivity index (χ0v) is 27.1. The number of carboxylic acid groups (broad SMARTS) is 1. The lowest BCUT2D eigenvalue weighted by atomic mass is 10.0. The zero-order chi connectivity index (χ0) is 32.4. The molecule has 0 aliphatic heterocycles. The van der Waals surface area contributed by atoms with E-state index in [1.807, 2.05) is 36.4 Å². The van der Waals surface area contributed by atoms with Gasteiger partial charge in [-0.05, 0) is 63.3 Å². The summed E-state index contributed by atoms with van der Waals surface area (Å²) >= 11 is 6.23. The number of rotatable bonds is 15. The van der Waals surface area contributed by atoms with Crippen LogP contribution in [-0.2, 0) is 20.7 Å². The van der Waals surface area contributed by atoms with Gasteiger partial charge in [0.2, 0.25) is 0 Å². The van der Waals surface area contributed by atoms with Crippen molar-refractivity contribution >= 4 is 38.9 Å². The van der Waals surface area contributed by atoms with Crippen LogP contribution in [0.2, 0.25) is 5.02 Å². The molecule has 0 fully saturated rings. The molecule has 4 rings (SSSR count). The van der Waals surface area contributed by atoms with Crippen LogP contribution in [0.3, 0.4) is 0 Å². The van der Waals surface area contributed by atoms with E-state index in [0.29, 0.717) is 16.3 Å². The molecular formula is C35H38ClN3O5S. The minimum Gasteiger partial charge on any atom is -0.494 e. The minimum absolute atomic E-state index is 0.0527. The lowest BCUT2D eigenvalue weighted by Gasteiger charge is -2.16. The van der Waals surface area contributed by atoms with E-state index in [1.165, 1.54) is 50.1 Å². The lowest BCUT2D eigenvalue weighted by molar-refractivity contribution is -0.139. The maximum atomic E-state index is 12.8. The number of aromatic nitrogens is 2. The molecule has 0 radical (unpaired) electrons. The van der Waals surface area contributed by atoms with Gasteiger partial charge in [0.25, 0.3) is 5.91 Å². The molecule has 0 aliphatic carbocycles. The number of amides is 1. The van der Waals surface area contributed by atoms with Crippen LogP contribution in [0.15, 0.2) is 84.0 Å². The van der Waals surface area contributed by atoms with Gasteiger partial charge in [0, 0.05) is 41.1 Å². The Kier molecular flexibility index (Phi) is 11.7. The summed E-state index contributed by atoms with van der Waals surface area (Å²) in [6.07, 6.45) is 11.1. The Balaban J connectivity index is 1.34. The summed E-state index contributed by atoms with van der Waals surface area (Å²) in [5, 5.41) is 12.4. The SMILES string of the molecule is C=S(C)(=O)c1ccc(C(=O)N[C@@H](Cc2ccc(-c3ncc(-c4ccc(OCCCCCCC)cc4)cn3)cc2)C(=O)O)c(Cl)c1. The number of hydrogen-bond donors (Lipinski definition) is 2. The van der Waals surface area contributed by atoms with E-state index >= 15 is 0 Å². The van der Waals surface area contributed by atoms with E-state index in [1.54, 1.807) is 24.5 Å². The highest BCUT2D eigenvalue weighted by Crippen LogP contribution is 2.24. The first-order valence-corrected chi connectivity index (χ1v) is 17.4. The molecule has 0 aliphatic rings. The average molecular weight is 648 g/mol. The topological polar surface area (TPSA) is 118 Å². The lowest BCUT2D eigenvalue weighted by Crippen LogP contribution is -2.42. The van der Waals surface area contributed by atoms with Crippen molar-refractivity contribution in [2.24, 2.45) is 0 Å². The van der Waals surface area contributed by atoms with Crippen LogP contribution in [0.25, 0.3) is 22.5 Å². The van der Waals surface area contributed by atoms with Gasteiger partial charge in [0.05, 0.1) is 17.2 Å². The normalized spacial score (nSPS) is 13.0. The predicted octanol–water partition coefficient (Wildman–Crippen LogP) is 6.94. The zero-order valence-electron chi connectivity index (χ0n) is 25.5. The number of halogens is 1. The van der Waals surface area contributed by atoms with Crippen molar-refractivity contribution in [3.8, 4) is 28.3 Å². The fourth-order valence-electron chi connectivity index (χ4n) is 4.68. The van der Waals surface area contributed by atoms with Crippen molar-refractivity contribution in [3.63, 3.8) is 0 Å². The van der Waals surface area contributed by atoms with Gasteiger partial charge in [0.15, 0.2) is 5.82 Å². The predicted molar refractivity (Wildman–Crippen MR) is 181 cm³/mol. The van der Waals surface area contributed by atoms with Crippen molar-refractivity contribution in [1.29, 1.82) is 0 Å². The van der Waals surface area contributed by atoms with Gasteiger partial charge >= 0.3 is 5.97 Å². The average Bonchev–Trinajstić information content (AvgIpc) is 3.02. The summed E-state index contributed by atoms with van der Waals surface area (Å²) < 4.78 is 18.0. The maximum Gasteiger partial charge on any atom is 0.326 e. The first-order valence-electron chi connectivity index (χ1n) is 14.8. The molecule has 8 nitrogen and oxygen atoms in total. The third-order valence-electron chi connectivity index (χ3n) is 7.30. The summed E-state index contributed by atoms with van der Waals surface area (Å²) in [5.74, 6) is 3.17. The van der Waals surface area contributed by atoms with Gasteiger partial charge in [-0.15, -0.1) is 0 Å². The molecule has 2 N–H and O–H groups in total. The Bertz CT molecular complexity index is 1710. The Morgan fingerprint density at radius 2 is 1.58 bits per heavy atom.